The second-order valence-corrected chi connectivity index (χ2v) is 7.56. The number of para-hydroxylation sites is 1. The van der Waals surface area contributed by atoms with Crippen LogP contribution in [0.1, 0.15) is 0 Å². The molecule has 148 valence electrons. The van der Waals surface area contributed by atoms with Crippen molar-refractivity contribution >= 4 is 45.9 Å². The number of hydrogen-bond donors (Lipinski definition) is 0. The first-order chi connectivity index (χ1) is 14.0. The van der Waals surface area contributed by atoms with Gasteiger partial charge in [-0.3, -0.25) is 14.2 Å². The zero-order valence-electron chi connectivity index (χ0n) is 15.8. The summed E-state index contributed by atoms with van der Waals surface area (Å²) in [6, 6.07) is 14.4. The van der Waals surface area contributed by atoms with Crippen molar-refractivity contribution in [2.45, 2.75) is 11.7 Å². The van der Waals surface area contributed by atoms with Crippen molar-refractivity contribution in [1.29, 1.82) is 0 Å². The molecule has 0 bridgehead atoms. The first kappa shape index (κ1) is 20.9. The Morgan fingerprint density at radius 1 is 1.17 bits per heavy atom. The van der Waals surface area contributed by atoms with Crippen LogP contribution in [0.15, 0.2) is 83.8 Å². The molecule has 7 heteroatoms. The topological polar surface area (TPSA) is 55.2 Å². The van der Waals surface area contributed by atoms with Crippen molar-refractivity contribution in [3.8, 4) is 0 Å². The largest absolute Gasteiger partial charge is 0.308 e. The van der Waals surface area contributed by atoms with Gasteiger partial charge in [-0.25, -0.2) is 4.98 Å². The lowest BCUT2D eigenvalue weighted by Crippen LogP contribution is -2.33. The summed E-state index contributed by atoms with van der Waals surface area (Å²) in [6.07, 6.45) is 3.31. The smallest absolute Gasteiger partial charge is 0.262 e. The molecule has 5 nitrogen and oxygen atoms in total. The third kappa shape index (κ3) is 4.78. The molecular formula is C22H20ClN3O2S. The van der Waals surface area contributed by atoms with Crippen LogP contribution in [0, 0.1) is 0 Å². The summed E-state index contributed by atoms with van der Waals surface area (Å²) in [5.41, 5.74) is 1.11. The van der Waals surface area contributed by atoms with Crippen molar-refractivity contribution in [3.05, 3.63) is 89.2 Å². The van der Waals surface area contributed by atoms with Gasteiger partial charge in [0.2, 0.25) is 5.91 Å². The highest BCUT2D eigenvalue weighted by atomic mass is 35.5. The van der Waals surface area contributed by atoms with E-state index in [0.717, 1.165) is 5.69 Å². The fourth-order valence-electron chi connectivity index (χ4n) is 2.87. The number of halogens is 1. The van der Waals surface area contributed by atoms with Gasteiger partial charge in [-0.05, 0) is 30.3 Å². The van der Waals surface area contributed by atoms with Gasteiger partial charge in [0.05, 0.1) is 16.7 Å². The molecule has 0 fully saturated rings. The quantitative estimate of drug-likeness (QED) is 0.302. The Hall–Kier alpha value is -2.83. The Morgan fingerprint density at radius 2 is 1.93 bits per heavy atom. The minimum absolute atomic E-state index is 0.105. The van der Waals surface area contributed by atoms with E-state index in [0.29, 0.717) is 34.2 Å². The number of amides is 1. The Bertz CT molecular complexity index is 1110. The van der Waals surface area contributed by atoms with E-state index in [1.54, 1.807) is 35.3 Å². The van der Waals surface area contributed by atoms with Crippen molar-refractivity contribution in [2.24, 2.45) is 0 Å². The Balaban J connectivity index is 1.91. The Morgan fingerprint density at radius 3 is 2.62 bits per heavy atom. The van der Waals surface area contributed by atoms with Gasteiger partial charge in [0, 0.05) is 23.8 Å². The summed E-state index contributed by atoms with van der Waals surface area (Å²) in [5, 5.41) is 1.42. The monoisotopic (exact) mass is 425 g/mol. The van der Waals surface area contributed by atoms with E-state index in [1.807, 2.05) is 30.3 Å². The summed E-state index contributed by atoms with van der Waals surface area (Å²) in [6.45, 7) is 8.15. The van der Waals surface area contributed by atoms with Crippen LogP contribution >= 0.6 is 23.4 Å². The molecule has 0 saturated heterocycles. The van der Waals surface area contributed by atoms with Gasteiger partial charge in [-0.1, -0.05) is 53.7 Å². The second kappa shape index (κ2) is 9.58. The van der Waals surface area contributed by atoms with E-state index in [2.05, 4.69) is 18.1 Å². The number of thioether (sulfide) groups is 1. The van der Waals surface area contributed by atoms with Crippen LogP contribution in [0.25, 0.3) is 10.9 Å². The number of allylic oxidation sites excluding steroid dienone is 1. The molecule has 0 spiro atoms. The SMILES string of the molecule is C=CCN(C(=O)CSc1nc2cc(Cl)ccc2c(=O)n1CC=C)c1ccccc1. The van der Waals surface area contributed by atoms with E-state index in [-0.39, 0.29) is 17.2 Å². The number of carbonyl (C=O) groups excluding carboxylic acids is 1. The molecule has 1 aromatic heterocycles. The summed E-state index contributed by atoms with van der Waals surface area (Å²) in [4.78, 5) is 32.0. The predicted octanol–water partition coefficient (Wildman–Crippen LogP) is 4.55. The van der Waals surface area contributed by atoms with Crippen LogP contribution in [-0.4, -0.2) is 27.8 Å². The van der Waals surface area contributed by atoms with Crippen molar-refractivity contribution < 1.29 is 4.79 Å². The second-order valence-electron chi connectivity index (χ2n) is 6.18. The van der Waals surface area contributed by atoms with Gasteiger partial charge in [-0.15, -0.1) is 13.2 Å². The van der Waals surface area contributed by atoms with E-state index < -0.39 is 0 Å². The third-order valence-electron chi connectivity index (χ3n) is 4.20. The van der Waals surface area contributed by atoms with Gasteiger partial charge < -0.3 is 4.90 Å². The summed E-state index contributed by atoms with van der Waals surface area (Å²) in [5.74, 6) is 0.0185. The average Bonchev–Trinajstić information content (AvgIpc) is 2.73. The van der Waals surface area contributed by atoms with E-state index in [9.17, 15) is 9.59 Å². The molecule has 0 N–H and O–H groups in total. The van der Waals surface area contributed by atoms with Crippen LogP contribution < -0.4 is 10.5 Å². The van der Waals surface area contributed by atoms with Gasteiger partial charge in [-0.2, -0.15) is 0 Å². The zero-order chi connectivity index (χ0) is 20.8. The highest BCUT2D eigenvalue weighted by Gasteiger charge is 2.17. The Labute approximate surface area is 178 Å². The fourth-order valence-corrected chi connectivity index (χ4v) is 3.92. The number of rotatable bonds is 8. The normalized spacial score (nSPS) is 10.7. The predicted molar refractivity (Wildman–Crippen MR) is 121 cm³/mol. The number of fused-ring (bicyclic) bond motifs is 1. The maximum Gasteiger partial charge on any atom is 0.262 e. The van der Waals surface area contributed by atoms with Gasteiger partial charge >= 0.3 is 0 Å². The number of carbonyl (C=O) groups is 1. The maximum atomic E-state index is 12.9. The first-order valence-corrected chi connectivity index (χ1v) is 10.3. The molecule has 0 unspecified atom stereocenters. The first-order valence-electron chi connectivity index (χ1n) is 8.95. The zero-order valence-corrected chi connectivity index (χ0v) is 17.3. The summed E-state index contributed by atoms with van der Waals surface area (Å²) < 4.78 is 1.52. The molecule has 0 radical (unpaired) electrons. The van der Waals surface area contributed by atoms with Crippen LogP contribution in [0.3, 0.4) is 0 Å². The van der Waals surface area contributed by atoms with E-state index >= 15 is 0 Å². The third-order valence-corrected chi connectivity index (χ3v) is 5.40. The summed E-state index contributed by atoms with van der Waals surface area (Å²) >= 11 is 7.27. The molecular weight excluding hydrogens is 406 g/mol. The highest BCUT2D eigenvalue weighted by Crippen LogP contribution is 2.22. The number of aromatic nitrogens is 2. The lowest BCUT2D eigenvalue weighted by Gasteiger charge is -2.21. The number of hydrogen-bond acceptors (Lipinski definition) is 4. The maximum absolute atomic E-state index is 12.9. The standard InChI is InChI=1S/C22H20ClN3O2S/c1-3-12-25(17-8-6-5-7-9-17)20(27)15-29-22-24-19-14-16(23)10-11-18(19)21(28)26(22)13-4-2/h3-11,14H,1-2,12-13,15H2. The van der Waals surface area contributed by atoms with Crippen molar-refractivity contribution in [3.63, 3.8) is 0 Å². The van der Waals surface area contributed by atoms with Crippen molar-refractivity contribution in [2.75, 3.05) is 17.2 Å². The van der Waals surface area contributed by atoms with Crippen LogP contribution in [0.2, 0.25) is 5.02 Å². The number of nitrogens with zero attached hydrogens (tertiary/aromatic N) is 3. The number of anilines is 1. The lowest BCUT2D eigenvalue weighted by molar-refractivity contribution is -0.116. The molecule has 0 saturated carbocycles. The Kier molecular flexibility index (Phi) is 6.90. The number of benzene rings is 2. The lowest BCUT2D eigenvalue weighted by atomic mass is 10.2. The minimum atomic E-state index is -0.187. The molecule has 2 aromatic carbocycles. The molecule has 1 heterocycles. The molecule has 3 aromatic rings. The van der Waals surface area contributed by atoms with Gasteiger partial charge in [0.25, 0.3) is 5.56 Å². The van der Waals surface area contributed by atoms with Crippen molar-refractivity contribution in [1.82, 2.24) is 9.55 Å². The molecule has 0 aliphatic heterocycles. The van der Waals surface area contributed by atoms with Crippen LogP contribution in [0.4, 0.5) is 5.69 Å². The molecule has 0 atom stereocenters. The van der Waals surface area contributed by atoms with Crippen LogP contribution in [0.5, 0.6) is 0 Å². The summed E-state index contributed by atoms with van der Waals surface area (Å²) in [7, 11) is 0. The minimum Gasteiger partial charge on any atom is -0.308 e. The molecule has 0 aliphatic carbocycles. The average molecular weight is 426 g/mol. The molecule has 29 heavy (non-hydrogen) atoms. The van der Waals surface area contributed by atoms with E-state index in [1.165, 1.54) is 16.3 Å². The van der Waals surface area contributed by atoms with Gasteiger partial charge in [0.15, 0.2) is 5.16 Å². The van der Waals surface area contributed by atoms with Crippen LogP contribution in [-0.2, 0) is 11.3 Å². The fraction of sp³-hybridized carbons (Fsp3) is 0.136. The van der Waals surface area contributed by atoms with Gasteiger partial charge in [0.1, 0.15) is 0 Å². The van der Waals surface area contributed by atoms with E-state index in [4.69, 9.17) is 11.6 Å². The molecule has 3 rings (SSSR count). The highest BCUT2D eigenvalue weighted by molar-refractivity contribution is 7.99. The molecule has 1 amide bonds. The molecule has 0 aliphatic rings.